The predicted molar refractivity (Wildman–Crippen MR) is 125 cm³/mol. The molecule has 0 aliphatic carbocycles. The molecule has 1 aromatic carbocycles. The van der Waals surface area contributed by atoms with Gasteiger partial charge in [-0.15, -0.1) is 0 Å². The van der Waals surface area contributed by atoms with E-state index < -0.39 is 0 Å². The molecule has 2 aromatic rings. The summed E-state index contributed by atoms with van der Waals surface area (Å²) in [4.78, 5) is 22.6. The standard InChI is InChI=1S/C25H36N4O3/c1-5-27-9-11-28(12-10-27)24(30)16-22(19-13-20(31-3)15-21(14-19)32-4)23-17-26-25-18(2)7-6-8-29(23)25/h13-15,17-18,22H,5-12,16H2,1-4H3. The number of likely N-dealkylation sites (N-methyl/N-ethyl adjacent to an activating group) is 1. The highest BCUT2D eigenvalue weighted by molar-refractivity contribution is 5.78. The summed E-state index contributed by atoms with van der Waals surface area (Å²) in [5.74, 6) is 3.15. The Kier molecular flexibility index (Phi) is 7.04. The van der Waals surface area contributed by atoms with Gasteiger partial charge < -0.3 is 23.8 Å². The van der Waals surface area contributed by atoms with Crippen molar-refractivity contribution in [3.05, 3.63) is 41.5 Å². The number of hydrogen-bond acceptors (Lipinski definition) is 5. The van der Waals surface area contributed by atoms with Crippen LogP contribution in [0.3, 0.4) is 0 Å². The van der Waals surface area contributed by atoms with E-state index in [1.807, 2.05) is 29.3 Å². The number of nitrogens with zero attached hydrogens (tertiary/aromatic N) is 4. The van der Waals surface area contributed by atoms with Gasteiger partial charge in [0.05, 0.1) is 14.2 Å². The van der Waals surface area contributed by atoms with Crippen molar-refractivity contribution in [2.45, 2.75) is 51.5 Å². The van der Waals surface area contributed by atoms with E-state index in [1.54, 1.807) is 14.2 Å². The first-order valence-corrected chi connectivity index (χ1v) is 11.8. The van der Waals surface area contributed by atoms with E-state index in [2.05, 4.69) is 23.3 Å². The summed E-state index contributed by atoms with van der Waals surface area (Å²) in [6.45, 7) is 9.88. The van der Waals surface area contributed by atoms with Crippen LogP contribution >= 0.6 is 0 Å². The predicted octanol–water partition coefficient (Wildman–Crippen LogP) is 3.48. The zero-order chi connectivity index (χ0) is 22.7. The molecule has 174 valence electrons. The van der Waals surface area contributed by atoms with Gasteiger partial charge in [-0.05, 0) is 37.1 Å². The average Bonchev–Trinajstić information content (AvgIpc) is 3.27. The average molecular weight is 441 g/mol. The van der Waals surface area contributed by atoms with E-state index >= 15 is 0 Å². The molecule has 32 heavy (non-hydrogen) atoms. The van der Waals surface area contributed by atoms with Gasteiger partial charge in [-0.2, -0.15) is 0 Å². The molecule has 1 amide bonds. The quantitative estimate of drug-likeness (QED) is 0.660. The number of rotatable bonds is 7. The van der Waals surface area contributed by atoms with Crippen molar-refractivity contribution in [1.29, 1.82) is 0 Å². The second kappa shape index (κ2) is 9.94. The summed E-state index contributed by atoms with van der Waals surface area (Å²) < 4.78 is 13.4. The number of carbonyl (C=O) groups is 1. The van der Waals surface area contributed by atoms with E-state index in [-0.39, 0.29) is 11.8 Å². The Morgan fingerprint density at radius 1 is 1.09 bits per heavy atom. The monoisotopic (exact) mass is 440 g/mol. The summed E-state index contributed by atoms with van der Waals surface area (Å²) in [5.41, 5.74) is 2.14. The Balaban J connectivity index is 1.67. The summed E-state index contributed by atoms with van der Waals surface area (Å²) in [6.07, 6.45) is 4.70. The second-order valence-electron chi connectivity index (χ2n) is 8.95. The maximum Gasteiger partial charge on any atom is 0.223 e. The van der Waals surface area contributed by atoms with E-state index in [0.29, 0.717) is 12.3 Å². The first-order valence-electron chi connectivity index (χ1n) is 11.8. The zero-order valence-electron chi connectivity index (χ0n) is 19.8. The SMILES string of the molecule is CCN1CCN(C(=O)CC(c2cc(OC)cc(OC)c2)c2cnc3n2CCCC3C)CC1. The minimum atomic E-state index is -0.0951. The minimum absolute atomic E-state index is 0.0951. The number of amides is 1. The fourth-order valence-electron chi connectivity index (χ4n) is 5.04. The van der Waals surface area contributed by atoms with Gasteiger partial charge in [-0.25, -0.2) is 4.98 Å². The lowest BCUT2D eigenvalue weighted by molar-refractivity contribution is -0.133. The molecule has 2 atom stereocenters. The van der Waals surface area contributed by atoms with Crippen LogP contribution in [0.25, 0.3) is 0 Å². The van der Waals surface area contributed by atoms with Gasteiger partial charge in [0.1, 0.15) is 17.3 Å². The van der Waals surface area contributed by atoms with Crippen molar-refractivity contribution in [2.75, 3.05) is 46.9 Å². The number of ether oxygens (including phenoxy) is 2. The van der Waals surface area contributed by atoms with Gasteiger partial charge >= 0.3 is 0 Å². The van der Waals surface area contributed by atoms with E-state index in [4.69, 9.17) is 14.5 Å². The number of piperazine rings is 1. The lowest BCUT2D eigenvalue weighted by Crippen LogP contribution is -2.48. The van der Waals surface area contributed by atoms with Crippen LogP contribution in [-0.4, -0.2) is 72.2 Å². The first kappa shape index (κ1) is 22.6. The molecule has 0 bridgehead atoms. The largest absolute Gasteiger partial charge is 0.497 e. The Bertz CT molecular complexity index is 911. The molecule has 7 heteroatoms. The molecule has 3 heterocycles. The molecule has 2 aliphatic rings. The normalized spacial score (nSPS) is 20.0. The summed E-state index contributed by atoms with van der Waals surface area (Å²) in [6, 6.07) is 5.93. The zero-order valence-corrected chi connectivity index (χ0v) is 19.8. The van der Waals surface area contributed by atoms with Crippen LogP contribution in [0.2, 0.25) is 0 Å². The molecule has 0 spiro atoms. The van der Waals surface area contributed by atoms with Crippen LogP contribution in [0.5, 0.6) is 11.5 Å². The minimum Gasteiger partial charge on any atom is -0.497 e. The molecule has 1 saturated heterocycles. The van der Waals surface area contributed by atoms with Gasteiger partial charge in [0.25, 0.3) is 0 Å². The lowest BCUT2D eigenvalue weighted by Gasteiger charge is -2.35. The Morgan fingerprint density at radius 2 is 1.78 bits per heavy atom. The van der Waals surface area contributed by atoms with Crippen LogP contribution in [0, 0.1) is 0 Å². The van der Waals surface area contributed by atoms with Crippen LogP contribution in [0.4, 0.5) is 0 Å². The van der Waals surface area contributed by atoms with Crippen molar-refractivity contribution >= 4 is 5.91 Å². The van der Waals surface area contributed by atoms with Gasteiger partial charge in [0.15, 0.2) is 0 Å². The van der Waals surface area contributed by atoms with E-state index in [1.165, 1.54) is 0 Å². The molecule has 0 radical (unpaired) electrons. The molecule has 1 aromatic heterocycles. The third kappa shape index (κ3) is 4.63. The van der Waals surface area contributed by atoms with Crippen LogP contribution < -0.4 is 9.47 Å². The van der Waals surface area contributed by atoms with Gasteiger partial charge in [0.2, 0.25) is 5.91 Å². The summed E-state index contributed by atoms with van der Waals surface area (Å²) in [5, 5.41) is 0. The molecular weight excluding hydrogens is 404 g/mol. The van der Waals surface area contributed by atoms with Crippen LogP contribution in [0.15, 0.2) is 24.4 Å². The van der Waals surface area contributed by atoms with E-state index in [0.717, 1.165) is 80.7 Å². The third-order valence-electron chi connectivity index (χ3n) is 7.06. The highest BCUT2D eigenvalue weighted by Crippen LogP contribution is 2.37. The highest BCUT2D eigenvalue weighted by atomic mass is 16.5. The fraction of sp³-hybridized carbons (Fsp3) is 0.600. The van der Waals surface area contributed by atoms with Gasteiger partial charge in [-0.3, -0.25) is 4.79 Å². The Hall–Kier alpha value is -2.54. The highest BCUT2D eigenvalue weighted by Gasteiger charge is 2.30. The van der Waals surface area contributed by atoms with Crippen molar-refractivity contribution in [1.82, 2.24) is 19.4 Å². The Morgan fingerprint density at radius 3 is 2.41 bits per heavy atom. The number of benzene rings is 1. The first-order chi connectivity index (χ1) is 15.5. The number of carbonyl (C=O) groups excluding carboxylic acids is 1. The summed E-state index contributed by atoms with van der Waals surface area (Å²) >= 11 is 0. The molecular formula is C25H36N4O3. The fourth-order valence-corrected chi connectivity index (χ4v) is 5.04. The van der Waals surface area contributed by atoms with Crippen molar-refractivity contribution < 1.29 is 14.3 Å². The molecule has 4 rings (SSSR count). The molecule has 0 saturated carbocycles. The Labute approximate surface area is 191 Å². The van der Waals surface area contributed by atoms with Crippen molar-refractivity contribution in [2.24, 2.45) is 0 Å². The number of fused-ring (bicyclic) bond motifs is 1. The van der Waals surface area contributed by atoms with Gasteiger partial charge in [0, 0.05) is 68.9 Å². The number of imidazole rings is 1. The lowest BCUT2D eigenvalue weighted by atomic mass is 9.90. The molecule has 2 aliphatic heterocycles. The topological polar surface area (TPSA) is 59.8 Å². The maximum atomic E-state index is 13.4. The van der Waals surface area contributed by atoms with E-state index in [9.17, 15) is 4.79 Å². The van der Waals surface area contributed by atoms with Crippen LogP contribution in [0.1, 0.15) is 62.0 Å². The molecule has 7 nitrogen and oxygen atoms in total. The number of aromatic nitrogens is 2. The maximum absolute atomic E-state index is 13.4. The second-order valence-corrected chi connectivity index (χ2v) is 8.95. The summed E-state index contributed by atoms with van der Waals surface area (Å²) in [7, 11) is 3.32. The smallest absolute Gasteiger partial charge is 0.223 e. The molecule has 2 unspecified atom stereocenters. The number of hydrogen-bond donors (Lipinski definition) is 0. The third-order valence-corrected chi connectivity index (χ3v) is 7.06. The van der Waals surface area contributed by atoms with Crippen molar-refractivity contribution in [3.8, 4) is 11.5 Å². The molecule has 1 fully saturated rings. The molecule has 0 N–H and O–H groups in total. The number of methoxy groups -OCH3 is 2. The van der Waals surface area contributed by atoms with Gasteiger partial charge in [-0.1, -0.05) is 13.8 Å². The van der Waals surface area contributed by atoms with Crippen molar-refractivity contribution in [3.63, 3.8) is 0 Å². The van der Waals surface area contributed by atoms with Crippen LogP contribution in [-0.2, 0) is 11.3 Å².